The van der Waals surface area contributed by atoms with Gasteiger partial charge in [-0.2, -0.15) is 0 Å². The molecule has 0 fully saturated rings. The molecule has 0 aromatic heterocycles. The Kier molecular flexibility index (Phi) is 3.62. The third kappa shape index (κ3) is 3.71. The van der Waals surface area contributed by atoms with Gasteiger partial charge in [-0.15, -0.1) is 0 Å². The maximum Gasteiger partial charge on any atom is 0.332 e. The lowest BCUT2D eigenvalue weighted by molar-refractivity contribution is -0.133. The molecule has 0 unspecified atom stereocenters. The number of hydrogen-bond acceptors (Lipinski definition) is 3. The molecule has 0 aliphatic carbocycles. The van der Waals surface area contributed by atoms with Gasteiger partial charge < -0.3 is 10.8 Å². The Morgan fingerprint density at radius 3 is 2.31 bits per heavy atom. The van der Waals surface area contributed by atoms with Gasteiger partial charge in [0.05, 0.1) is 5.54 Å². The second-order valence-electron chi connectivity index (χ2n) is 3.25. The van der Waals surface area contributed by atoms with Gasteiger partial charge in [0.1, 0.15) is 0 Å². The molecule has 74 valence electrons. The van der Waals surface area contributed by atoms with E-state index in [9.17, 15) is 9.59 Å². The van der Waals surface area contributed by atoms with E-state index in [2.05, 4.69) is 11.9 Å². The number of primary amides is 1. The van der Waals surface area contributed by atoms with Crippen molar-refractivity contribution in [3.63, 3.8) is 0 Å². The normalized spacial score (nSPS) is 10.9. The summed E-state index contributed by atoms with van der Waals surface area (Å²) < 4.78 is 0. The standard InChI is InChI=1S/C8H14N2O3/c1-5(6(11)12)4-10-8(2,3)7(9)13/h10H,1,4H2,2-3H3,(H2,9,13)(H,11,12). The quantitative estimate of drug-likeness (QED) is 0.504. The van der Waals surface area contributed by atoms with E-state index in [0.29, 0.717) is 0 Å². The van der Waals surface area contributed by atoms with Crippen LogP contribution in [0, 0.1) is 0 Å². The van der Waals surface area contributed by atoms with Crippen LogP contribution in [-0.4, -0.2) is 29.1 Å². The first-order valence-electron chi connectivity index (χ1n) is 3.73. The van der Waals surface area contributed by atoms with Crippen molar-refractivity contribution < 1.29 is 14.7 Å². The van der Waals surface area contributed by atoms with Crippen molar-refractivity contribution in [2.75, 3.05) is 6.54 Å². The second-order valence-corrected chi connectivity index (χ2v) is 3.25. The fraction of sp³-hybridized carbons (Fsp3) is 0.500. The van der Waals surface area contributed by atoms with E-state index in [-0.39, 0.29) is 12.1 Å². The van der Waals surface area contributed by atoms with Gasteiger partial charge in [0, 0.05) is 12.1 Å². The fourth-order valence-electron chi connectivity index (χ4n) is 0.490. The molecule has 5 heteroatoms. The number of amides is 1. The van der Waals surface area contributed by atoms with E-state index in [1.165, 1.54) is 0 Å². The number of nitrogens with two attached hydrogens (primary N) is 1. The summed E-state index contributed by atoms with van der Waals surface area (Å²) in [6.45, 7) is 6.48. The Labute approximate surface area is 76.6 Å². The Balaban J connectivity index is 4.10. The van der Waals surface area contributed by atoms with Gasteiger partial charge in [-0.25, -0.2) is 4.79 Å². The molecule has 5 nitrogen and oxygen atoms in total. The highest BCUT2D eigenvalue weighted by molar-refractivity contribution is 5.87. The molecule has 0 radical (unpaired) electrons. The number of nitrogens with one attached hydrogen (secondary N) is 1. The zero-order chi connectivity index (χ0) is 10.6. The molecule has 13 heavy (non-hydrogen) atoms. The van der Waals surface area contributed by atoms with E-state index >= 15 is 0 Å². The molecule has 0 saturated heterocycles. The van der Waals surface area contributed by atoms with E-state index in [4.69, 9.17) is 10.8 Å². The van der Waals surface area contributed by atoms with Gasteiger partial charge in [-0.05, 0) is 13.8 Å². The second kappa shape index (κ2) is 4.04. The van der Waals surface area contributed by atoms with Crippen LogP contribution in [0.4, 0.5) is 0 Å². The Morgan fingerprint density at radius 2 is 2.00 bits per heavy atom. The Hall–Kier alpha value is -1.36. The summed E-state index contributed by atoms with van der Waals surface area (Å²) in [6.07, 6.45) is 0. The molecule has 0 spiro atoms. The molecule has 0 saturated carbocycles. The summed E-state index contributed by atoms with van der Waals surface area (Å²) in [5, 5.41) is 11.1. The first kappa shape index (κ1) is 11.6. The van der Waals surface area contributed by atoms with Crippen LogP contribution in [-0.2, 0) is 9.59 Å². The maximum atomic E-state index is 10.8. The van der Waals surface area contributed by atoms with Crippen molar-refractivity contribution in [3.8, 4) is 0 Å². The number of carboxylic acid groups (broad SMARTS) is 1. The summed E-state index contributed by atoms with van der Waals surface area (Å²) in [4.78, 5) is 21.1. The fourth-order valence-corrected chi connectivity index (χ4v) is 0.490. The summed E-state index contributed by atoms with van der Waals surface area (Å²) in [6, 6.07) is 0. The van der Waals surface area contributed by atoms with Gasteiger partial charge in [0.15, 0.2) is 0 Å². The minimum atomic E-state index is -1.09. The minimum Gasteiger partial charge on any atom is -0.478 e. The molecule has 0 aromatic carbocycles. The number of hydrogen-bond donors (Lipinski definition) is 3. The van der Waals surface area contributed by atoms with Crippen LogP contribution in [0.15, 0.2) is 12.2 Å². The SMILES string of the molecule is C=C(CNC(C)(C)C(N)=O)C(=O)O. The topological polar surface area (TPSA) is 92.4 Å². The van der Waals surface area contributed by atoms with Crippen LogP contribution in [0.5, 0.6) is 0 Å². The van der Waals surface area contributed by atoms with Crippen LogP contribution < -0.4 is 11.1 Å². The van der Waals surface area contributed by atoms with Gasteiger partial charge >= 0.3 is 5.97 Å². The first-order chi connectivity index (χ1) is 5.77. The largest absolute Gasteiger partial charge is 0.478 e. The molecular formula is C8H14N2O3. The summed E-state index contributed by atoms with van der Waals surface area (Å²) in [5.41, 5.74) is 4.13. The predicted octanol–water partition coefficient (Wildman–Crippen LogP) is -0.519. The van der Waals surface area contributed by atoms with Crippen molar-refractivity contribution in [1.29, 1.82) is 0 Å². The van der Waals surface area contributed by atoms with Crippen LogP contribution in [0.1, 0.15) is 13.8 Å². The highest BCUT2D eigenvalue weighted by atomic mass is 16.4. The number of rotatable bonds is 5. The van der Waals surface area contributed by atoms with Crippen molar-refractivity contribution in [2.24, 2.45) is 5.73 Å². The molecule has 0 aliphatic rings. The number of carbonyl (C=O) groups is 2. The Bertz CT molecular complexity index is 246. The summed E-state index contributed by atoms with van der Waals surface area (Å²) >= 11 is 0. The summed E-state index contributed by atoms with van der Waals surface area (Å²) in [5.74, 6) is -1.63. The zero-order valence-corrected chi connectivity index (χ0v) is 7.76. The number of carbonyl (C=O) groups excluding carboxylic acids is 1. The predicted molar refractivity (Wildman–Crippen MR) is 48.1 cm³/mol. The zero-order valence-electron chi connectivity index (χ0n) is 7.76. The van der Waals surface area contributed by atoms with Gasteiger partial charge in [0.2, 0.25) is 5.91 Å². The molecule has 0 atom stereocenters. The highest BCUT2D eigenvalue weighted by Crippen LogP contribution is 2.01. The van der Waals surface area contributed by atoms with E-state index in [1.807, 2.05) is 0 Å². The lowest BCUT2D eigenvalue weighted by Gasteiger charge is -2.21. The van der Waals surface area contributed by atoms with Crippen LogP contribution >= 0.6 is 0 Å². The number of carboxylic acids is 1. The van der Waals surface area contributed by atoms with Gasteiger partial charge in [-0.3, -0.25) is 10.1 Å². The lowest BCUT2D eigenvalue weighted by atomic mass is 10.0. The van der Waals surface area contributed by atoms with Gasteiger partial charge in [-0.1, -0.05) is 6.58 Å². The van der Waals surface area contributed by atoms with Crippen molar-refractivity contribution in [1.82, 2.24) is 5.32 Å². The van der Waals surface area contributed by atoms with Crippen molar-refractivity contribution >= 4 is 11.9 Å². The van der Waals surface area contributed by atoms with E-state index < -0.39 is 17.4 Å². The summed E-state index contributed by atoms with van der Waals surface area (Å²) in [7, 11) is 0. The van der Waals surface area contributed by atoms with E-state index in [1.54, 1.807) is 13.8 Å². The number of aliphatic carboxylic acids is 1. The smallest absolute Gasteiger partial charge is 0.332 e. The highest BCUT2D eigenvalue weighted by Gasteiger charge is 2.24. The molecule has 0 heterocycles. The van der Waals surface area contributed by atoms with Crippen LogP contribution in [0.3, 0.4) is 0 Å². The van der Waals surface area contributed by atoms with Gasteiger partial charge in [0.25, 0.3) is 0 Å². The van der Waals surface area contributed by atoms with Crippen LogP contribution in [0.2, 0.25) is 0 Å². The molecule has 4 N–H and O–H groups in total. The third-order valence-electron chi connectivity index (χ3n) is 1.66. The first-order valence-corrected chi connectivity index (χ1v) is 3.73. The average Bonchev–Trinajstić information content (AvgIpc) is 1.99. The molecule has 0 aromatic rings. The Morgan fingerprint density at radius 1 is 1.54 bits per heavy atom. The van der Waals surface area contributed by atoms with Crippen molar-refractivity contribution in [2.45, 2.75) is 19.4 Å². The molecule has 1 amide bonds. The third-order valence-corrected chi connectivity index (χ3v) is 1.66. The average molecular weight is 186 g/mol. The van der Waals surface area contributed by atoms with E-state index in [0.717, 1.165) is 0 Å². The molecule has 0 aliphatic heterocycles. The molecule has 0 bridgehead atoms. The van der Waals surface area contributed by atoms with Crippen molar-refractivity contribution in [3.05, 3.63) is 12.2 Å². The maximum absolute atomic E-state index is 10.8. The molecule has 0 rings (SSSR count). The minimum absolute atomic E-state index is 0.00525. The monoisotopic (exact) mass is 186 g/mol. The lowest BCUT2D eigenvalue weighted by Crippen LogP contribution is -2.51. The van der Waals surface area contributed by atoms with Crippen LogP contribution in [0.25, 0.3) is 0 Å². The molecular weight excluding hydrogens is 172 g/mol.